The number of ether oxygens (including phenoxy) is 1. The molecule has 1 aliphatic rings. The number of likely N-dealkylation sites (tertiary alicyclic amines) is 1. The number of anilines is 1. The van der Waals surface area contributed by atoms with Gasteiger partial charge in [-0.3, -0.25) is 15.1 Å². The fourth-order valence-electron chi connectivity index (χ4n) is 3.47. The maximum absolute atomic E-state index is 12.4. The molecule has 1 atom stereocenters. The molecule has 1 aliphatic heterocycles. The number of hydrogen-bond donors (Lipinski definition) is 0. The number of benzene rings is 1. The van der Waals surface area contributed by atoms with Crippen LogP contribution in [0.4, 0.5) is 16.3 Å². The van der Waals surface area contributed by atoms with Gasteiger partial charge in [-0.05, 0) is 45.6 Å². The molecule has 0 spiro atoms. The molecule has 0 N–H and O–H groups in total. The number of nitro benzene ring substituents is 1. The third-order valence-electron chi connectivity index (χ3n) is 4.82. The average molecular weight is 401 g/mol. The Labute approximate surface area is 169 Å². The molecular weight excluding hydrogens is 374 g/mol. The van der Waals surface area contributed by atoms with Crippen LogP contribution in [-0.2, 0) is 4.74 Å². The van der Waals surface area contributed by atoms with E-state index in [0.717, 1.165) is 19.4 Å². The van der Waals surface area contributed by atoms with Crippen molar-refractivity contribution in [2.45, 2.75) is 39.2 Å². The van der Waals surface area contributed by atoms with Crippen molar-refractivity contribution in [2.75, 3.05) is 31.6 Å². The lowest BCUT2D eigenvalue weighted by Crippen LogP contribution is -2.45. The molecule has 29 heavy (non-hydrogen) atoms. The van der Waals surface area contributed by atoms with Crippen molar-refractivity contribution in [3.8, 4) is 0 Å². The SMILES string of the molecule is CN(C[C@@H]1CCCN(C(=O)OC(C)(C)C)C1)c1cnc2cc([N+](=O)[O-])ccc2n1. The molecular formula is C20H27N5O4. The highest BCUT2D eigenvalue weighted by Gasteiger charge is 2.28. The average Bonchev–Trinajstić information content (AvgIpc) is 2.66. The highest BCUT2D eigenvalue weighted by atomic mass is 16.6. The lowest BCUT2D eigenvalue weighted by atomic mass is 9.98. The van der Waals surface area contributed by atoms with E-state index >= 15 is 0 Å². The number of non-ortho nitro benzene ring substituents is 1. The summed E-state index contributed by atoms with van der Waals surface area (Å²) in [4.78, 5) is 35.5. The Morgan fingerprint density at radius 2 is 2.14 bits per heavy atom. The second-order valence-electron chi connectivity index (χ2n) is 8.47. The van der Waals surface area contributed by atoms with E-state index in [-0.39, 0.29) is 11.8 Å². The van der Waals surface area contributed by atoms with Crippen LogP contribution in [0.2, 0.25) is 0 Å². The van der Waals surface area contributed by atoms with Crippen LogP contribution in [0.25, 0.3) is 11.0 Å². The maximum atomic E-state index is 12.4. The zero-order chi connectivity index (χ0) is 21.2. The summed E-state index contributed by atoms with van der Waals surface area (Å²) < 4.78 is 5.49. The third kappa shape index (κ3) is 5.30. The number of fused-ring (bicyclic) bond motifs is 1. The van der Waals surface area contributed by atoms with Gasteiger partial charge in [0.2, 0.25) is 0 Å². The predicted octanol–water partition coefficient (Wildman–Crippen LogP) is 3.62. The summed E-state index contributed by atoms with van der Waals surface area (Å²) in [6.45, 7) is 7.69. The summed E-state index contributed by atoms with van der Waals surface area (Å²) >= 11 is 0. The van der Waals surface area contributed by atoms with Gasteiger partial charge >= 0.3 is 6.09 Å². The second-order valence-corrected chi connectivity index (χ2v) is 8.47. The van der Waals surface area contributed by atoms with E-state index < -0.39 is 10.5 Å². The molecule has 1 aromatic carbocycles. The van der Waals surface area contributed by atoms with Crippen molar-refractivity contribution in [3.63, 3.8) is 0 Å². The molecule has 1 amide bonds. The van der Waals surface area contributed by atoms with Crippen LogP contribution in [0.15, 0.2) is 24.4 Å². The van der Waals surface area contributed by atoms with Crippen LogP contribution in [-0.4, -0.2) is 58.2 Å². The van der Waals surface area contributed by atoms with Crippen molar-refractivity contribution in [1.29, 1.82) is 0 Å². The van der Waals surface area contributed by atoms with Crippen LogP contribution < -0.4 is 4.90 Å². The molecule has 1 saturated heterocycles. The zero-order valence-corrected chi connectivity index (χ0v) is 17.3. The van der Waals surface area contributed by atoms with Gasteiger partial charge in [-0.15, -0.1) is 0 Å². The topological polar surface area (TPSA) is 102 Å². The Morgan fingerprint density at radius 1 is 1.38 bits per heavy atom. The quantitative estimate of drug-likeness (QED) is 0.569. The van der Waals surface area contributed by atoms with Crippen molar-refractivity contribution in [3.05, 3.63) is 34.5 Å². The first-order valence-corrected chi connectivity index (χ1v) is 9.72. The minimum absolute atomic E-state index is 0.00246. The third-order valence-corrected chi connectivity index (χ3v) is 4.82. The summed E-state index contributed by atoms with van der Waals surface area (Å²) in [5.74, 6) is 0.997. The highest BCUT2D eigenvalue weighted by Crippen LogP contribution is 2.23. The first-order chi connectivity index (χ1) is 13.6. The standard InChI is InChI=1S/C20H27N5O4/c1-20(2,3)29-19(26)24-9-5-6-14(13-24)12-23(4)18-11-21-17-10-15(25(27)28)7-8-16(17)22-18/h7-8,10-11,14H,5-6,9,12-13H2,1-4H3/t14-/m0/s1. The number of carbonyl (C=O) groups is 1. The molecule has 0 radical (unpaired) electrons. The first-order valence-electron chi connectivity index (χ1n) is 9.72. The predicted molar refractivity (Wildman–Crippen MR) is 110 cm³/mol. The van der Waals surface area contributed by atoms with E-state index in [1.165, 1.54) is 12.1 Å². The number of hydrogen-bond acceptors (Lipinski definition) is 7. The Morgan fingerprint density at radius 3 is 2.83 bits per heavy atom. The monoisotopic (exact) mass is 401 g/mol. The van der Waals surface area contributed by atoms with Gasteiger partial charge in [0.15, 0.2) is 0 Å². The number of carbonyl (C=O) groups excluding carboxylic acids is 1. The Kier molecular flexibility index (Phi) is 5.86. The van der Waals surface area contributed by atoms with Crippen molar-refractivity contribution in [1.82, 2.24) is 14.9 Å². The smallest absolute Gasteiger partial charge is 0.410 e. The van der Waals surface area contributed by atoms with E-state index in [1.54, 1.807) is 17.2 Å². The summed E-state index contributed by atoms with van der Waals surface area (Å²) in [5, 5.41) is 10.9. The first kappa shape index (κ1) is 20.8. The lowest BCUT2D eigenvalue weighted by Gasteiger charge is -2.35. The maximum Gasteiger partial charge on any atom is 0.410 e. The van der Waals surface area contributed by atoms with Gasteiger partial charge in [-0.2, -0.15) is 0 Å². The normalized spacial score (nSPS) is 17.2. The van der Waals surface area contributed by atoms with Crippen LogP contribution in [0.5, 0.6) is 0 Å². The molecule has 0 saturated carbocycles. The van der Waals surface area contributed by atoms with E-state index in [1.807, 2.05) is 32.7 Å². The van der Waals surface area contributed by atoms with Gasteiger partial charge in [0.25, 0.3) is 5.69 Å². The molecule has 0 unspecified atom stereocenters. The summed E-state index contributed by atoms with van der Waals surface area (Å²) in [6, 6.07) is 4.47. The second kappa shape index (κ2) is 8.18. The van der Waals surface area contributed by atoms with Crippen LogP contribution in [0, 0.1) is 16.0 Å². The number of nitrogens with zero attached hydrogens (tertiary/aromatic N) is 5. The van der Waals surface area contributed by atoms with Gasteiger partial charge in [0.1, 0.15) is 11.4 Å². The fourth-order valence-corrected chi connectivity index (χ4v) is 3.47. The van der Waals surface area contributed by atoms with Gasteiger partial charge in [0.05, 0.1) is 22.2 Å². The number of piperidine rings is 1. The molecule has 1 fully saturated rings. The van der Waals surface area contributed by atoms with Gasteiger partial charge in [-0.1, -0.05) is 0 Å². The molecule has 156 valence electrons. The van der Waals surface area contributed by atoms with Gasteiger partial charge < -0.3 is 14.5 Å². The molecule has 3 rings (SSSR count). The Bertz CT molecular complexity index is 911. The number of aromatic nitrogens is 2. The van der Waals surface area contributed by atoms with E-state index in [0.29, 0.717) is 35.9 Å². The molecule has 0 bridgehead atoms. The van der Waals surface area contributed by atoms with E-state index in [4.69, 9.17) is 4.74 Å². The molecule has 2 heterocycles. The largest absolute Gasteiger partial charge is 0.444 e. The van der Waals surface area contributed by atoms with Crippen LogP contribution >= 0.6 is 0 Å². The van der Waals surface area contributed by atoms with Crippen LogP contribution in [0.1, 0.15) is 33.6 Å². The molecule has 9 nitrogen and oxygen atoms in total. The summed E-state index contributed by atoms with van der Waals surface area (Å²) in [6.07, 6.45) is 3.32. The molecule has 9 heteroatoms. The van der Waals surface area contributed by atoms with Crippen LogP contribution in [0.3, 0.4) is 0 Å². The minimum atomic E-state index is -0.503. The van der Waals surface area contributed by atoms with E-state index in [9.17, 15) is 14.9 Å². The molecule has 0 aliphatic carbocycles. The number of rotatable bonds is 4. The Hall–Kier alpha value is -2.97. The van der Waals surface area contributed by atoms with E-state index in [2.05, 4.69) is 9.97 Å². The van der Waals surface area contributed by atoms with Gasteiger partial charge in [-0.25, -0.2) is 9.78 Å². The highest BCUT2D eigenvalue weighted by molar-refractivity contribution is 5.78. The molecule has 2 aromatic rings. The lowest BCUT2D eigenvalue weighted by molar-refractivity contribution is -0.384. The summed E-state index contributed by atoms with van der Waals surface area (Å²) in [7, 11) is 1.94. The minimum Gasteiger partial charge on any atom is -0.444 e. The Balaban J connectivity index is 1.66. The molecule has 1 aromatic heterocycles. The number of amides is 1. The van der Waals surface area contributed by atoms with Crippen molar-refractivity contribution < 1.29 is 14.5 Å². The zero-order valence-electron chi connectivity index (χ0n) is 17.3. The van der Waals surface area contributed by atoms with Crippen molar-refractivity contribution in [2.24, 2.45) is 5.92 Å². The number of nitro groups is 1. The fraction of sp³-hybridized carbons (Fsp3) is 0.550. The van der Waals surface area contributed by atoms with Crippen molar-refractivity contribution >= 4 is 28.6 Å². The van der Waals surface area contributed by atoms with Gasteiger partial charge in [0, 0.05) is 38.8 Å². The summed E-state index contributed by atoms with van der Waals surface area (Å²) in [5.41, 5.74) is 0.595.